The van der Waals surface area contributed by atoms with E-state index in [1.165, 1.54) is 11.3 Å². The van der Waals surface area contributed by atoms with Crippen molar-refractivity contribution >= 4 is 22.9 Å². The van der Waals surface area contributed by atoms with Gasteiger partial charge >= 0.3 is 0 Å². The average Bonchev–Trinajstić information content (AvgIpc) is 2.93. The normalized spacial score (nSPS) is 13.4. The quantitative estimate of drug-likeness (QED) is 0.668. The number of halogens is 1. The van der Waals surface area contributed by atoms with Gasteiger partial charge in [0.15, 0.2) is 0 Å². The molecule has 6 nitrogen and oxygen atoms in total. The largest absolute Gasteiger partial charge is 0.340 e. The van der Waals surface area contributed by atoms with Crippen LogP contribution in [0.2, 0.25) is 0 Å². The average molecular weight is 337 g/mol. The molecular weight excluding hydrogens is 321 g/mol. The molecule has 1 aromatic carbocycles. The molecule has 1 atom stereocenters. The molecule has 23 heavy (non-hydrogen) atoms. The van der Waals surface area contributed by atoms with Gasteiger partial charge in [0.25, 0.3) is 11.6 Å². The van der Waals surface area contributed by atoms with Gasteiger partial charge in [-0.25, -0.2) is 9.37 Å². The van der Waals surface area contributed by atoms with Gasteiger partial charge < -0.3 is 5.32 Å². The van der Waals surface area contributed by atoms with Crippen LogP contribution in [0.4, 0.5) is 10.1 Å². The van der Waals surface area contributed by atoms with Gasteiger partial charge in [-0.05, 0) is 32.4 Å². The number of aryl methyl sites for hydroxylation is 1. The summed E-state index contributed by atoms with van der Waals surface area (Å²) in [5.41, 5.74) is -0.688. The zero-order valence-corrected chi connectivity index (χ0v) is 13.7. The van der Waals surface area contributed by atoms with Crippen LogP contribution < -0.4 is 5.32 Å². The van der Waals surface area contributed by atoms with Crippen molar-refractivity contribution in [2.24, 2.45) is 0 Å². The Hall–Kier alpha value is -2.35. The highest BCUT2D eigenvalue weighted by atomic mass is 32.1. The SMILES string of the molecule is CC[C@](C)(NC(=O)c1cc(F)ccc1[N+](=O)[O-])c1nc(C)cs1. The van der Waals surface area contributed by atoms with Crippen LogP contribution in [0.3, 0.4) is 0 Å². The number of aromatic nitrogens is 1. The predicted molar refractivity (Wildman–Crippen MR) is 85.0 cm³/mol. The maximum absolute atomic E-state index is 13.4. The van der Waals surface area contributed by atoms with Gasteiger partial charge in [0, 0.05) is 17.1 Å². The lowest BCUT2D eigenvalue weighted by atomic mass is 9.98. The van der Waals surface area contributed by atoms with Gasteiger partial charge in [0.1, 0.15) is 16.4 Å². The summed E-state index contributed by atoms with van der Waals surface area (Å²) in [5, 5.41) is 16.3. The third kappa shape index (κ3) is 3.53. The molecule has 1 N–H and O–H groups in total. The topological polar surface area (TPSA) is 85.1 Å². The van der Waals surface area contributed by atoms with Crippen molar-refractivity contribution in [1.29, 1.82) is 0 Å². The highest BCUT2D eigenvalue weighted by Gasteiger charge is 2.32. The highest BCUT2D eigenvalue weighted by molar-refractivity contribution is 7.09. The molecule has 0 spiro atoms. The van der Waals surface area contributed by atoms with Crippen molar-refractivity contribution in [3.8, 4) is 0 Å². The number of nitrogens with one attached hydrogen (secondary N) is 1. The van der Waals surface area contributed by atoms with Gasteiger partial charge in [-0.2, -0.15) is 0 Å². The number of amides is 1. The number of nitro benzene ring substituents is 1. The molecule has 122 valence electrons. The Bertz CT molecular complexity index is 762. The van der Waals surface area contributed by atoms with Crippen molar-refractivity contribution in [2.45, 2.75) is 32.7 Å². The number of carbonyl (C=O) groups excluding carboxylic acids is 1. The Balaban J connectivity index is 2.37. The van der Waals surface area contributed by atoms with Crippen LogP contribution in [0.1, 0.15) is 41.3 Å². The Morgan fingerprint density at radius 3 is 2.74 bits per heavy atom. The summed E-state index contributed by atoms with van der Waals surface area (Å²) in [6, 6.07) is 2.82. The number of hydrogen-bond donors (Lipinski definition) is 1. The van der Waals surface area contributed by atoms with Gasteiger partial charge in [-0.3, -0.25) is 14.9 Å². The lowest BCUT2D eigenvalue weighted by Crippen LogP contribution is -2.43. The van der Waals surface area contributed by atoms with E-state index in [-0.39, 0.29) is 5.56 Å². The fraction of sp³-hybridized carbons (Fsp3) is 0.333. The molecule has 0 unspecified atom stereocenters. The van der Waals surface area contributed by atoms with Gasteiger partial charge in [0.2, 0.25) is 0 Å². The first-order chi connectivity index (χ1) is 10.8. The molecule has 0 saturated heterocycles. The smallest absolute Gasteiger partial charge is 0.282 e. The van der Waals surface area contributed by atoms with Crippen LogP contribution in [0.15, 0.2) is 23.6 Å². The molecule has 0 bridgehead atoms. The van der Waals surface area contributed by atoms with E-state index in [2.05, 4.69) is 10.3 Å². The van der Waals surface area contributed by atoms with E-state index in [9.17, 15) is 19.3 Å². The van der Waals surface area contributed by atoms with Crippen molar-refractivity contribution in [2.75, 3.05) is 0 Å². The van der Waals surface area contributed by atoms with Crippen LogP contribution in [-0.4, -0.2) is 15.8 Å². The van der Waals surface area contributed by atoms with Crippen molar-refractivity contribution in [3.63, 3.8) is 0 Å². The van der Waals surface area contributed by atoms with Crippen molar-refractivity contribution in [3.05, 3.63) is 55.8 Å². The van der Waals surface area contributed by atoms with E-state index in [1.807, 2.05) is 19.2 Å². The first-order valence-corrected chi connectivity index (χ1v) is 7.84. The fourth-order valence-electron chi connectivity index (χ4n) is 2.07. The van der Waals surface area contributed by atoms with Crippen LogP contribution in [-0.2, 0) is 5.54 Å². The third-order valence-corrected chi connectivity index (χ3v) is 4.81. The third-order valence-electron chi connectivity index (χ3n) is 3.59. The van der Waals surface area contributed by atoms with Gasteiger partial charge in [-0.15, -0.1) is 11.3 Å². The van der Waals surface area contributed by atoms with Crippen molar-refractivity contribution < 1.29 is 14.1 Å². The number of carbonyl (C=O) groups is 1. The van der Waals surface area contributed by atoms with E-state index >= 15 is 0 Å². The van der Waals surface area contributed by atoms with Crippen LogP contribution in [0, 0.1) is 22.9 Å². The standard InChI is InChI=1S/C15H16FN3O3S/c1-4-15(3,14-17-9(2)8-23-14)18-13(20)11-7-10(16)5-6-12(11)19(21)22/h5-8H,4H2,1-3H3,(H,18,20)/t15-/m0/s1. The molecule has 2 aromatic rings. The number of rotatable bonds is 5. The predicted octanol–water partition coefficient (Wildman–Crippen LogP) is 3.55. The van der Waals surface area contributed by atoms with Gasteiger partial charge in [-0.1, -0.05) is 6.92 Å². The van der Waals surface area contributed by atoms with Gasteiger partial charge in [0.05, 0.1) is 10.5 Å². The molecule has 0 aliphatic carbocycles. The number of benzene rings is 1. The number of hydrogen-bond acceptors (Lipinski definition) is 5. The summed E-state index contributed by atoms with van der Waals surface area (Å²) in [7, 11) is 0. The second kappa shape index (κ2) is 6.41. The lowest BCUT2D eigenvalue weighted by molar-refractivity contribution is -0.385. The Morgan fingerprint density at radius 1 is 1.52 bits per heavy atom. The first kappa shape index (κ1) is 17.0. The molecule has 0 aliphatic rings. The molecule has 2 rings (SSSR count). The molecule has 1 heterocycles. The Kier molecular flexibility index (Phi) is 4.74. The summed E-state index contributed by atoms with van der Waals surface area (Å²) in [4.78, 5) is 27.2. The number of nitro groups is 1. The van der Waals surface area contributed by atoms with E-state index in [0.717, 1.165) is 23.9 Å². The fourth-order valence-corrected chi connectivity index (χ4v) is 3.05. The Morgan fingerprint density at radius 2 is 2.22 bits per heavy atom. The highest BCUT2D eigenvalue weighted by Crippen LogP contribution is 2.29. The minimum atomic E-state index is -0.782. The molecule has 0 fully saturated rings. The maximum Gasteiger partial charge on any atom is 0.282 e. The number of thiazole rings is 1. The zero-order valence-electron chi connectivity index (χ0n) is 12.9. The lowest BCUT2D eigenvalue weighted by Gasteiger charge is -2.27. The molecule has 0 saturated carbocycles. The second-order valence-electron chi connectivity index (χ2n) is 5.35. The van der Waals surface area contributed by atoms with E-state index < -0.39 is 27.9 Å². The van der Waals surface area contributed by atoms with Crippen molar-refractivity contribution in [1.82, 2.24) is 10.3 Å². The van der Waals surface area contributed by atoms with Crippen LogP contribution >= 0.6 is 11.3 Å². The molecule has 1 aromatic heterocycles. The molecule has 1 amide bonds. The summed E-state index contributed by atoms with van der Waals surface area (Å²) in [5.74, 6) is -1.41. The number of nitrogens with zero attached hydrogens (tertiary/aromatic N) is 2. The Labute approximate surface area is 136 Å². The monoisotopic (exact) mass is 337 g/mol. The summed E-state index contributed by atoms with van der Waals surface area (Å²) >= 11 is 1.40. The van der Waals surface area contributed by atoms with Crippen LogP contribution in [0.5, 0.6) is 0 Å². The summed E-state index contributed by atoms with van der Waals surface area (Å²) < 4.78 is 13.4. The van der Waals surface area contributed by atoms with Crippen LogP contribution in [0.25, 0.3) is 0 Å². The molecule has 8 heteroatoms. The summed E-state index contributed by atoms with van der Waals surface area (Å²) in [6.07, 6.45) is 0.537. The van der Waals surface area contributed by atoms with E-state index in [4.69, 9.17) is 0 Å². The van der Waals surface area contributed by atoms with E-state index in [0.29, 0.717) is 11.4 Å². The zero-order chi connectivity index (χ0) is 17.2. The summed E-state index contributed by atoms with van der Waals surface area (Å²) in [6.45, 7) is 5.50. The first-order valence-electron chi connectivity index (χ1n) is 6.96. The maximum atomic E-state index is 13.4. The second-order valence-corrected chi connectivity index (χ2v) is 6.21. The minimum Gasteiger partial charge on any atom is -0.340 e. The molecule has 0 aliphatic heterocycles. The molecule has 0 radical (unpaired) electrons. The molecular formula is C15H16FN3O3S. The minimum absolute atomic E-state index is 0.303. The van der Waals surface area contributed by atoms with E-state index in [1.54, 1.807) is 6.92 Å².